The van der Waals surface area contributed by atoms with Gasteiger partial charge in [0.1, 0.15) is 0 Å². The molecular formula is C10H6BrF3N2O4S. The van der Waals surface area contributed by atoms with E-state index < -0.39 is 27.1 Å². The quantitative estimate of drug-likeness (QED) is 0.582. The van der Waals surface area contributed by atoms with Crippen LogP contribution in [0.1, 0.15) is 5.56 Å². The molecule has 0 bridgehead atoms. The van der Waals surface area contributed by atoms with Crippen LogP contribution in [0.25, 0.3) is 5.65 Å². The number of aryl methyl sites for hydroxylation is 1. The van der Waals surface area contributed by atoms with Crippen molar-refractivity contribution in [2.75, 3.05) is 0 Å². The van der Waals surface area contributed by atoms with Gasteiger partial charge in [-0.3, -0.25) is 9.20 Å². The second-order valence-corrected chi connectivity index (χ2v) is 6.37. The van der Waals surface area contributed by atoms with Crippen molar-refractivity contribution in [3.63, 3.8) is 0 Å². The maximum atomic E-state index is 12.2. The number of aromatic nitrogens is 2. The van der Waals surface area contributed by atoms with E-state index in [1.54, 1.807) is 13.0 Å². The lowest BCUT2D eigenvalue weighted by molar-refractivity contribution is -0.0501. The molecule has 2 heterocycles. The topological polar surface area (TPSA) is 77.7 Å². The SMILES string of the molecule is Cc1cc(Br)c2nc(OS(=O)(=O)C(F)(F)F)cc(=O)n2c1. The molecule has 0 saturated carbocycles. The highest BCUT2D eigenvalue weighted by Gasteiger charge is 2.49. The smallest absolute Gasteiger partial charge is 0.355 e. The van der Waals surface area contributed by atoms with Gasteiger partial charge in [0.2, 0.25) is 5.88 Å². The standard InChI is InChI=1S/C10H6BrF3N2O4S/c1-5-2-6(11)9-15-7(3-8(17)16(9)4-5)20-21(18,19)10(12,13)14/h2-4H,1H3. The Morgan fingerprint density at radius 2 is 1.95 bits per heavy atom. The predicted octanol–water partition coefficient (Wildman–Crippen LogP) is 1.99. The molecule has 0 fully saturated rings. The van der Waals surface area contributed by atoms with Gasteiger partial charge in [0.25, 0.3) is 5.56 Å². The summed E-state index contributed by atoms with van der Waals surface area (Å²) >= 11 is 3.09. The first-order valence-electron chi connectivity index (χ1n) is 5.21. The zero-order valence-corrected chi connectivity index (χ0v) is 12.6. The van der Waals surface area contributed by atoms with Gasteiger partial charge in [-0.05, 0) is 34.5 Å². The Morgan fingerprint density at radius 1 is 1.33 bits per heavy atom. The molecule has 0 saturated heterocycles. The minimum atomic E-state index is -5.88. The van der Waals surface area contributed by atoms with Crippen LogP contribution in [-0.2, 0) is 10.1 Å². The van der Waals surface area contributed by atoms with Crippen LogP contribution in [0.5, 0.6) is 5.88 Å². The highest BCUT2D eigenvalue weighted by Crippen LogP contribution is 2.26. The summed E-state index contributed by atoms with van der Waals surface area (Å²) in [7, 11) is -5.88. The number of halogens is 4. The molecule has 0 aromatic carbocycles. The fourth-order valence-electron chi connectivity index (χ4n) is 1.47. The van der Waals surface area contributed by atoms with Gasteiger partial charge in [-0.1, -0.05) is 0 Å². The van der Waals surface area contributed by atoms with E-state index in [0.717, 1.165) is 4.40 Å². The van der Waals surface area contributed by atoms with Crippen molar-refractivity contribution in [2.24, 2.45) is 0 Å². The van der Waals surface area contributed by atoms with Gasteiger partial charge in [0, 0.05) is 6.20 Å². The molecule has 0 atom stereocenters. The second-order valence-electron chi connectivity index (χ2n) is 3.97. The van der Waals surface area contributed by atoms with Crippen molar-refractivity contribution in [1.82, 2.24) is 9.38 Å². The van der Waals surface area contributed by atoms with E-state index in [9.17, 15) is 26.4 Å². The van der Waals surface area contributed by atoms with Gasteiger partial charge in [-0.2, -0.15) is 26.6 Å². The Balaban J connectivity index is 2.62. The first kappa shape index (κ1) is 15.8. The number of hydrogen-bond acceptors (Lipinski definition) is 5. The van der Waals surface area contributed by atoms with Crippen molar-refractivity contribution in [1.29, 1.82) is 0 Å². The lowest BCUT2D eigenvalue weighted by Gasteiger charge is -2.10. The number of pyridine rings is 1. The fourth-order valence-corrected chi connectivity index (χ4v) is 2.52. The van der Waals surface area contributed by atoms with Crippen molar-refractivity contribution in [2.45, 2.75) is 12.4 Å². The maximum Gasteiger partial charge on any atom is 0.534 e. The van der Waals surface area contributed by atoms with Gasteiger partial charge in [-0.15, -0.1) is 0 Å². The third kappa shape index (κ3) is 3.02. The molecule has 0 amide bonds. The number of fused-ring (bicyclic) bond motifs is 1. The molecule has 0 unspecified atom stereocenters. The summed E-state index contributed by atoms with van der Waals surface area (Å²) in [6.07, 6.45) is 1.40. The largest absolute Gasteiger partial charge is 0.534 e. The molecule has 2 aromatic heterocycles. The Labute approximate surface area is 124 Å². The van der Waals surface area contributed by atoms with Gasteiger partial charge in [0.15, 0.2) is 5.65 Å². The molecule has 0 spiro atoms. The molecule has 2 aromatic rings. The summed E-state index contributed by atoms with van der Waals surface area (Å²) in [5, 5.41) is 0. The van der Waals surface area contributed by atoms with E-state index in [2.05, 4.69) is 25.1 Å². The summed E-state index contributed by atoms with van der Waals surface area (Å²) < 4.78 is 63.7. The number of nitrogens with zero attached hydrogens (tertiary/aromatic N) is 2. The first-order chi connectivity index (χ1) is 9.51. The van der Waals surface area contributed by atoms with Crippen molar-refractivity contribution in [3.8, 4) is 5.88 Å². The molecule has 0 N–H and O–H groups in total. The summed E-state index contributed by atoms with van der Waals surface area (Å²) in [6.45, 7) is 1.69. The van der Waals surface area contributed by atoms with Crippen LogP contribution in [0.15, 0.2) is 27.6 Å². The third-order valence-corrected chi connectivity index (χ3v) is 3.85. The van der Waals surface area contributed by atoms with Crippen LogP contribution in [0.3, 0.4) is 0 Å². The molecule has 0 aliphatic heterocycles. The maximum absolute atomic E-state index is 12.2. The zero-order valence-electron chi connectivity index (χ0n) is 10.2. The van der Waals surface area contributed by atoms with Crippen molar-refractivity contribution in [3.05, 3.63) is 38.7 Å². The Bertz CT molecular complexity index is 876. The van der Waals surface area contributed by atoms with E-state index in [1.165, 1.54) is 6.20 Å². The normalized spacial score (nSPS) is 12.6. The lowest BCUT2D eigenvalue weighted by Crippen LogP contribution is -2.29. The van der Waals surface area contributed by atoms with Crippen LogP contribution in [0, 0.1) is 6.92 Å². The molecule has 0 aliphatic carbocycles. The van der Waals surface area contributed by atoms with E-state index in [-0.39, 0.29) is 5.65 Å². The summed E-state index contributed by atoms with van der Waals surface area (Å²) in [6, 6.07) is 2.12. The lowest BCUT2D eigenvalue weighted by atomic mass is 10.3. The summed E-state index contributed by atoms with van der Waals surface area (Å²) in [5.74, 6) is -0.957. The molecule has 11 heteroatoms. The molecule has 114 valence electrons. The highest BCUT2D eigenvalue weighted by atomic mass is 79.9. The van der Waals surface area contributed by atoms with E-state index in [4.69, 9.17) is 0 Å². The van der Waals surface area contributed by atoms with E-state index >= 15 is 0 Å². The summed E-state index contributed by atoms with van der Waals surface area (Å²) in [4.78, 5) is 15.4. The fraction of sp³-hybridized carbons (Fsp3) is 0.200. The van der Waals surface area contributed by atoms with Gasteiger partial charge < -0.3 is 4.18 Å². The van der Waals surface area contributed by atoms with Gasteiger partial charge in [-0.25, -0.2) is 0 Å². The molecule has 0 radical (unpaired) electrons. The average Bonchev–Trinajstić information content (AvgIpc) is 2.28. The van der Waals surface area contributed by atoms with Crippen LogP contribution in [-0.4, -0.2) is 23.3 Å². The number of hydrogen-bond donors (Lipinski definition) is 0. The van der Waals surface area contributed by atoms with Gasteiger partial charge in [0.05, 0.1) is 10.5 Å². The van der Waals surface area contributed by atoms with E-state index in [0.29, 0.717) is 16.1 Å². The Morgan fingerprint density at radius 3 is 2.52 bits per heavy atom. The first-order valence-corrected chi connectivity index (χ1v) is 7.42. The van der Waals surface area contributed by atoms with Crippen molar-refractivity contribution < 1.29 is 25.8 Å². The molecule has 21 heavy (non-hydrogen) atoms. The van der Waals surface area contributed by atoms with Crippen LogP contribution in [0.2, 0.25) is 0 Å². The minimum absolute atomic E-state index is 0.0690. The van der Waals surface area contributed by atoms with Crippen LogP contribution < -0.4 is 9.74 Å². The number of rotatable bonds is 2. The Kier molecular flexibility index (Phi) is 3.74. The van der Waals surface area contributed by atoms with Crippen molar-refractivity contribution >= 4 is 31.7 Å². The summed E-state index contributed by atoms with van der Waals surface area (Å²) in [5.41, 5.74) is -5.77. The van der Waals surface area contributed by atoms with E-state index in [1.807, 2.05) is 0 Å². The average molecular weight is 387 g/mol. The minimum Gasteiger partial charge on any atom is -0.355 e. The molecular weight excluding hydrogens is 381 g/mol. The monoisotopic (exact) mass is 386 g/mol. The Hall–Kier alpha value is -1.62. The highest BCUT2D eigenvalue weighted by molar-refractivity contribution is 9.10. The van der Waals surface area contributed by atoms with Crippen LogP contribution >= 0.6 is 15.9 Å². The number of alkyl halides is 3. The zero-order chi connectivity index (χ0) is 16.0. The molecule has 0 aliphatic rings. The third-order valence-electron chi connectivity index (χ3n) is 2.31. The van der Waals surface area contributed by atoms with Gasteiger partial charge >= 0.3 is 15.6 Å². The molecule has 2 rings (SSSR count). The van der Waals surface area contributed by atoms with Crippen LogP contribution in [0.4, 0.5) is 13.2 Å². The second kappa shape index (κ2) is 4.98. The molecule has 6 nitrogen and oxygen atoms in total. The predicted molar refractivity (Wildman–Crippen MR) is 69.5 cm³/mol.